The Morgan fingerprint density at radius 2 is 1.95 bits per heavy atom. The fourth-order valence-electron chi connectivity index (χ4n) is 2.43. The molecule has 0 unspecified atom stereocenters. The number of rotatable bonds is 5. The smallest absolute Gasteiger partial charge is 0.306 e. The summed E-state index contributed by atoms with van der Waals surface area (Å²) in [6, 6.07) is 1.57. The van der Waals surface area contributed by atoms with Gasteiger partial charge >= 0.3 is 5.97 Å². The van der Waals surface area contributed by atoms with E-state index in [1.807, 2.05) is 0 Å². The standard InChI is InChI=1S/C12H15Br2NO4S2/c13-10-5-9(11(14)20-10)21(18,19)15-6-7-1-3-8(4-2-7)12(16)17/h5,7-8,15H,1-4,6H2,(H,16,17). The zero-order valence-electron chi connectivity index (χ0n) is 11.0. The van der Waals surface area contributed by atoms with Crippen LogP contribution in [0.4, 0.5) is 0 Å². The van der Waals surface area contributed by atoms with E-state index < -0.39 is 16.0 Å². The van der Waals surface area contributed by atoms with Crippen LogP contribution in [-0.4, -0.2) is 26.0 Å². The molecule has 118 valence electrons. The van der Waals surface area contributed by atoms with Crippen molar-refractivity contribution in [3.05, 3.63) is 13.6 Å². The van der Waals surface area contributed by atoms with E-state index >= 15 is 0 Å². The summed E-state index contributed by atoms with van der Waals surface area (Å²) in [5.74, 6) is -0.822. The average molecular weight is 461 g/mol. The monoisotopic (exact) mass is 459 g/mol. The summed E-state index contributed by atoms with van der Waals surface area (Å²) < 4.78 is 28.4. The van der Waals surface area contributed by atoms with Crippen molar-refractivity contribution in [2.24, 2.45) is 11.8 Å². The number of carboxylic acids is 1. The molecule has 5 nitrogen and oxygen atoms in total. The van der Waals surface area contributed by atoms with Crippen molar-refractivity contribution in [1.29, 1.82) is 0 Å². The molecule has 1 aliphatic rings. The molecule has 1 fully saturated rings. The maximum Gasteiger partial charge on any atom is 0.306 e. The summed E-state index contributed by atoms with van der Waals surface area (Å²) in [5, 5.41) is 8.95. The first kappa shape index (κ1) is 17.4. The second kappa shape index (κ2) is 7.08. The summed E-state index contributed by atoms with van der Waals surface area (Å²) in [7, 11) is -3.53. The fraction of sp³-hybridized carbons (Fsp3) is 0.583. The summed E-state index contributed by atoms with van der Waals surface area (Å²) >= 11 is 7.82. The van der Waals surface area contributed by atoms with Crippen molar-refractivity contribution in [2.45, 2.75) is 30.6 Å². The van der Waals surface area contributed by atoms with Gasteiger partial charge in [-0.15, -0.1) is 11.3 Å². The molecule has 2 N–H and O–H groups in total. The van der Waals surface area contributed by atoms with Gasteiger partial charge in [-0.05, 0) is 69.5 Å². The molecule has 21 heavy (non-hydrogen) atoms. The zero-order valence-corrected chi connectivity index (χ0v) is 15.8. The van der Waals surface area contributed by atoms with E-state index in [0.29, 0.717) is 23.2 Å². The molecule has 0 bridgehead atoms. The molecule has 0 aliphatic heterocycles. The van der Waals surface area contributed by atoms with Gasteiger partial charge in [0.2, 0.25) is 10.0 Å². The van der Waals surface area contributed by atoms with E-state index in [9.17, 15) is 13.2 Å². The van der Waals surface area contributed by atoms with Gasteiger partial charge in [0.25, 0.3) is 0 Å². The lowest BCUT2D eigenvalue weighted by molar-refractivity contribution is -0.143. The van der Waals surface area contributed by atoms with Crippen molar-refractivity contribution in [3.8, 4) is 0 Å². The van der Waals surface area contributed by atoms with Gasteiger partial charge in [-0.2, -0.15) is 0 Å². The first-order valence-electron chi connectivity index (χ1n) is 6.47. The molecule has 1 heterocycles. The van der Waals surface area contributed by atoms with Crippen LogP contribution in [0.1, 0.15) is 25.7 Å². The predicted octanol–water partition coefficient (Wildman–Crippen LogP) is 3.44. The third-order valence-electron chi connectivity index (χ3n) is 3.67. The van der Waals surface area contributed by atoms with Gasteiger partial charge in [-0.25, -0.2) is 13.1 Å². The number of halogens is 2. The minimum absolute atomic E-state index is 0.205. The molecular formula is C12H15Br2NO4S2. The second-order valence-corrected chi connectivity index (χ2v) is 10.6. The van der Waals surface area contributed by atoms with E-state index in [1.165, 1.54) is 11.3 Å². The SMILES string of the molecule is O=C(O)C1CCC(CNS(=O)(=O)c2cc(Br)sc2Br)CC1. The van der Waals surface area contributed by atoms with Crippen LogP contribution in [-0.2, 0) is 14.8 Å². The van der Waals surface area contributed by atoms with E-state index in [0.717, 1.165) is 16.6 Å². The number of hydrogen-bond acceptors (Lipinski definition) is 4. The number of sulfonamides is 1. The molecule has 0 amide bonds. The number of hydrogen-bond donors (Lipinski definition) is 2. The maximum absolute atomic E-state index is 12.2. The highest BCUT2D eigenvalue weighted by atomic mass is 79.9. The van der Waals surface area contributed by atoms with E-state index in [1.54, 1.807) is 6.07 Å². The van der Waals surface area contributed by atoms with Crippen molar-refractivity contribution < 1.29 is 18.3 Å². The fourth-order valence-corrected chi connectivity index (χ4v) is 7.35. The number of aliphatic carboxylic acids is 1. The summed E-state index contributed by atoms with van der Waals surface area (Å²) in [4.78, 5) is 11.1. The first-order valence-corrected chi connectivity index (χ1v) is 10.4. The van der Waals surface area contributed by atoms with Crippen LogP contribution >= 0.6 is 43.2 Å². The summed E-state index contributed by atoms with van der Waals surface area (Å²) in [5.41, 5.74) is 0. The van der Waals surface area contributed by atoms with Crippen molar-refractivity contribution in [2.75, 3.05) is 6.54 Å². The average Bonchev–Trinajstić information content (AvgIpc) is 2.77. The van der Waals surface area contributed by atoms with E-state index in [4.69, 9.17) is 5.11 Å². The largest absolute Gasteiger partial charge is 0.481 e. The minimum Gasteiger partial charge on any atom is -0.481 e. The lowest BCUT2D eigenvalue weighted by Gasteiger charge is -2.26. The predicted molar refractivity (Wildman–Crippen MR) is 88.0 cm³/mol. The number of carbonyl (C=O) groups is 1. The van der Waals surface area contributed by atoms with Gasteiger partial charge in [0.05, 0.1) is 13.5 Å². The molecule has 0 spiro atoms. The van der Waals surface area contributed by atoms with Gasteiger partial charge in [0.1, 0.15) is 4.90 Å². The van der Waals surface area contributed by atoms with E-state index in [2.05, 4.69) is 36.6 Å². The Labute approximate surface area is 144 Å². The molecule has 0 saturated heterocycles. The Morgan fingerprint density at radius 1 is 1.33 bits per heavy atom. The van der Waals surface area contributed by atoms with Crippen LogP contribution in [0.25, 0.3) is 0 Å². The quantitative estimate of drug-likeness (QED) is 0.704. The number of thiophene rings is 1. The molecule has 9 heteroatoms. The third-order valence-corrected chi connectivity index (χ3v) is 7.85. The van der Waals surface area contributed by atoms with Crippen LogP contribution in [0.2, 0.25) is 0 Å². The van der Waals surface area contributed by atoms with Gasteiger partial charge in [0, 0.05) is 6.54 Å². The molecule has 0 radical (unpaired) electrons. The van der Waals surface area contributed by atoms with Crippen LogP contribution in [0.3, 0.4) is 0 Å². The van der Waals surface area contributed by atoms with E-state index in [-0.39, 0.29) is 16.7 Å². The lowest BCUT2D eigenvalue weighted by atomic mass is 9.82. The molecule has 1 aromatic rings. The molecule has 0 atom stereocenters. The van der Waals surface area contributed by atoms with Gasteiger partial charge in [-0.1, -0.05) is 0 Å². The van der Waals surface area contributed by atoms with Gasteiger partial charge in [-0.3, -0.25) is 4.79 Å². The van der Waals surface area contributed by atoms with Crippen LogP contribution in [0.5, 0.6) is 0 Å². The Balaban J connectivity index is 1.91. The highest BCUT2D eigenvalue weighted by molar-refractivity contribution is 9.12. The summed E-state index contributed by atoms with van der Waals surface area (Å²) in [6.07, 6.45) is 2.73. The van der Waals surface area contributed by atoms with Crippen LogP contribution in [0, 0.1) is 11.8 Å². The zero-order chi connectivity index (χ0) is 15.6. The first-order chi connectivity index (χ1) is 9.79. The molecular weight excluding hydrogens is 446 g/mol. The highest BCUT2D eigenvalue weighted by Gasteiger charge is 2.27. The Morgan fingerprint density at radius 3 is 2.43 bits per heavy atom. The molecule has 1 aliphatic carbocycles. The number of nitrogens with one attached hydrogen (secondary N) is 1. The van der Waals surface area contributed by atoms with Crippen molar-refractivity contribution >= 4 is 59.2 Å². The third kappa shape index (κ3) is 4.51. The molecule has 0 aromatic carbocycles. The molecule has 2 rings (SSSR count). The van der Waals surface area contributed by atoms with Crippen molar-refractivity contribution in [1.82, 2.24) is 4.72 Å². The van der Waals surface area contributed by atoms with Crippen LogP contribution in [0.15, 0.2) is 18.5 Å². The Kier molecular flexibility index (Phi) is 5.86. The normalized spacial score (nSPS) is 23.1. The topological polar surface area (TPSA) is 83.5 Å². The van der Waals surface area contributed by atoms with Crippen molar-refractivity contribution in [3.63, 3.8) is 0 Å². The van der Waals surface area contributed by atoms with Gasteiger partial charge < -0.3 is 5.11 Å². The lowest BCUT2D eigenvalue weighted by Crippen LogP contribution is -2.32. The number of carboxylic acid groups (broad SMARTS) is 1. The van der Waals surface area contributed by atoms with Crippen LogP contribution < -0.4 is 4.72 Å². The van der Waals surface area contributed by atoms with Gasteiger partial charge in [0.15, 0.2) is 0 Å². The Bertz CT molecular complexity index is 621. The maximum atomic E-state index is 12.2. The highest BCUT2D eigenvalue weighted by Crippen LogP contribution is 2.35. The Hall–Kier alpha value is 0.0400. The molecule has 1 aromatic heterocycles. The summed E-state index contributed by atoms with van der Waals surface area (Å²) in [6.45, 7) is 0.356. The molecule has 1 saturated carbocycles. The minimum atomic E-state index is -3.53. The second-order valence-electron chi connectivity index (χ2n) is 5.10.